The molecule has 5 nitrogen and oxygen atoms in total. The SMILES string of the molecule is CN(C)c1ccc(N2N=C(N)CC2=O)cc1. The van der Waals surface area contributed by atoms with Crippen LogP contribution in [0.25, 0.3) is 0 Å². The number of carbonyl (C=O) groups excluding carboxylic acids is 1. The molecular formula is C11H14N4O. The monoisotopic (exact) mass is 218 g/mol. The van der Waals surface area contributed by atoms with E-state index in [-0.39, 0.29) is 12.3 Å². The first kappa shape index (κ1) is 10.5. The predicted molar refractivity (Wildman–Crippen MR) is 64.5 cm³/mol. The first-order valence-corrected chi connectivity index (χ1v) is 5.01. The van der Waals surface area contributed by atoms with Gasteiger partial charge in [0.25, 0.3) is 5.91 Å². The maximum Gasteiger partial charge on any atom is 0.255 e. The van der Waals surface area contributed by atoms with Crippen molar-refractivity contribution >= 4 is 23.1 Å². The molecule has 1 aromatic carbocycles. The zero-order valence-electron chi connectivity index (χ0n) is 9.34. The van der Waals surface area contributed by atoms with Crippen molar-refractivity contribution in [2.45, 2.75) is 6.42 Å². The minimum atomic E-state index is -0.0879. The molecule has 0 aromatic heterocycles. The Hall–Kier alpha value is -2.04. The van der Waals surface area contributed by atoms with Crippen LogP contribution in [0.4, 0.5) is 11.4 Å². The van der Waals surface area contributed by atoms with Gasteiger partial charge in [-0.1, -0.05) is 0 Å². The summed E-state index contributed by atoms with van der Waals surface area (Å²) in [6.07, 6.45) is 0.204. The molecule has 0 unspecified atom stereocenters. The van der Waals surface area contributed by atoms with E-state index in [0.717, 1.165) is 11.4 Å². The molecule has 0 fully saturated rings. The van der Waals surface area contributed by atoms with Gasteiger partial charge < -0.3 is 10.6 Å². The number of amidine groups is 1. The Morgan fingerprint density at radius 1 is 1.31 bits per heavy atom. The van der Waals surface area contributed by atoms with Gasteiger partial charge in [-0.05, 0) is 24.3 Å². The Bertz CT molecular complexity index is 436. The molecule has 0 bridgehead atoms. The number of hydrazone groups is 1. The zero-order chi connectivity index (χ0) is 11.7. The zero-order valence-corrected chi connectivity index (χ0v) is 9.34. The molecule has 1 amide bonds. The van der Waals surface area contributed by atoms with Crippen LogP contribution in [0.3, 0.4) is 0 Å². The van der Waals surface area contributed by atoms with Gasteiger partial charge in [-0.2, -0.15) is 10.1 Å². The summed E-state index contributed by atoms with van der Waals surface area (Å²) in [6, 6.07) is 7.59. The van der Waals surface area contributed by atoms with Crippen LogP contribution in [-0.4, -0.2) is 25.8 Å². The maximum absolute atomic E-state index is 11.5. The van der Waals surface area contributed by atoms with Crippen LogP contribution >= 0.6 is 0 Å². The van der Waals surface area contributed by atoms with Crippen LogP contribution in [0, 0.1) is 0 Å². The summed E-state index contributed by atoms with van der Waals surface area (Å²) in [5, 5.41) is 5.32. The summed E-state index contributed by atoms with van der Waals surface area (Å²) in [5.74, 6) is 0.275. The lowest BCUT2D eigenvalue weighted by Crippen LogP contribution is -2.19. The number of hydrogen-bond acceptors (Lipinski definition) is 4. The molecular weight excluding hydrogens is 204 g/mol. The normalized spacial score (nSPS) is 15.2. The van der Waals surface area contributed by atoms with E-state index < -0.39 is 0 Å². The maximum atomic E-state index is 11.5. The van der Waals surface area contributed by atoms with Crippen LogP contribution in [-0.2, 0) is 4.79 Å². The van der Waals surface area contributed by atoms with Crippen molar-refractivity contribution in [2.75, 3.05) is 24.0 Å². The molecule has 0 saturated heterocycles. The first-order valence-electron chi connectivity index (χ1n) is 5.01. The van der Waals surface area contributed by atoms with Crippen molar-refractivity contribution in [1.29, 1.82) is 0 Å². The van der Waals surface area contributed by atoms with E-state index in [9.17, 15) is 4.79 Å². The lowest BCUT2D eigenvalue weighted by atomic mass is 10.2. The summed E-state index contributed by atoms with van der Waals surface area (Å²) in [6.45, 7) is 0. The second-order valence-electron chi connectivity index (χ2n) is 3.88. The van der Waals surface area contributed by atoms with Crippen molar-refractivity contribution in [3.8, 4) is 0 Å². The minimum absolute atomic E-state index is 0.0879. The molecule has 2 rings (SSSR count). The fourth-order valence-corrected chi connectivity index (χ4v) is 1.54. The van der Waals surface area contributed by atoms with Gasteiger partial charge in [0.1, 0.15) is 5.84 Å². The molecule has 84 valence electrons. The van der Waals surface area contributed by atoms with Crippen molar-refractivity contribution in [3.05, 3.63) is 24.3 Å². The third-order valence-corrected chi connectivity index (χ3v) is 2.41. The molecule has 1 heterocycles. The second-order valence-corrected chi connectivity index (χ2v) is 3.88. The summed E-state index contributed by atoms with van der Waals surface area (Å²) in [4.78, 5) is 13.5. The van der Waals surface area contributed by atoms with Gasteiger partial charge in [0.15, 0.2) is 0 Å². The smallest absolute Gasteiger partial charge is 0.255 e. The van der Waals surface area contributed by atoms with Crippen molar-refractivity contribution in [3.63, 3.8) is 0 Å². The van der Waals surface area contributed by atoms with Gasteiger partial charge in [0.05, 0.1) is 12.1 Å². The van der Waals surface area contributed by atoms with Crippen molar-refractivity contribution in [1.82, 2.24) is 0 Å². The van der Waals surface area contributed by atoms with Crippen LogP contribution in [0.15, 0.2) is 29.4 Å². The molecule has 1 aliphatic heterocycles. The molecule has 0 atom stereocenters. The van der Waals surface area contributed by atoms with Gasteiger partial charge in [0.2, 0.25) is 0 Å². The average Bonchev–Trinajstić information content (AvgIpc) is 2.58. The number of nitrogens with two attached hydrogens (primary N) is 1. The van der Waals surface area contributed by atoms with E-state index in [1.807, 2.05) is 43.3 Å². The molecule has 5 heteroatoms. The number of amides is 1. The molecule has 2 N–H and O–H groups in total. The van der Waals surface area contributed by atoms with Gasteiger partial charge in [-0.25, -0.2) is 0 Å². The van der Waals surface area contributed by atoms with E-state index >= 15 is 0 Å². The molecule has 16 heavy (non-hydrogen) atoms. The Kier molecular flexibility index (Phi) is 2.52. The molecule has 0 aliphatic carbocycles. The number of rotatable bonds is 2. The van der Waals surface area contributed by atoms with Crippen LogP contribution in [0.5, 0.6) is 0 Å². The minimum Gasteiger partial charge on any atom is -0.385 e. The largest absolute Gasteiger partial charge is 0.385 e. The van der Waals surface area contributed by atoms with E-state index in [1.54, 1.807) is 0 Å². The third-order valence-electron chi connectivity index (χ3n) is 2.41. The van der Waals surface area contributed by atoms with Gasteiger partial charge in [-0.15, -0.1) is 0 Å². The first-order chi connectivity index (χ1) is 7.58. The topological polar surface area (TPSA) is 61.9 Å². The van der Waals surface area contributed by atoms with Crippen LogP contribution in [0.2, 0.25) is 0 Å². The Morgan fingerprint density at radius 3 is 2.38 bits per heavy atom. The van der Waals surface area contributed by atoms with Gasteiger partial charge in [-0.3, -0.25) is 4.79 Å². The summed E-state index contributed by atoms with van der Waals surface area (Å²) in [5.41, 5.74) is 7.33. The highest BCUT2D eigenvalue weighted by Gasteiger charge is 2.23. The molecule has 1 aromatic rings. The Morgan fingerprint density at radius 2 is 1.94 bits per heavy atom. The predicted octanol–water partition coefficient (Wildman–Crippen LogP) is 0.761. The molecule has 0 spiro atoms. The highest BCUT2D eigenvalue weighted by Crippen LogP contribution is 2.22. The number of benzene rings is 1. The number of carbonyl (C=O) groups is 1. The third kappa shape index (κ3) is 1.84. The fraction of sp³-hybridized carbons (Fsp3) is 0.273. The highest BCUT2D eigenvalue weighted by molar-refractivity contribution is 6.11. The molecule has 0 saturated carbocycles. The quantitative estimate of drug-likeness (QED) is 0.797. The lowest BCUT2D eigenvalue weighted by molar-refractivity contribution is -0.116. The fourth-order valence-electron chi connectivity index (χ4n) is 1.54. The summed E-state index contributed by atoms with van der Waals surface area (Å²) < 4.78 is 0. The lowest BCUT2D eigenvalue weighted by Gasteiger charge is -2.15. The summed E-state index contributed by atoms with van der Waals surface area (Å²) >= 11 is 0. The average molecular weight is 218 g/mol. The Labute approximate surface area is 94.1 Å². The van der Waals surface area contributed by atoms with Crippen molar-refractivity contribution in [2.24, 2.45) is 10.8 Å². The van der Waals surface area contributed by atoms with Crippen molar-refractivity contribution < 1.29 is 4.79 Å². The Balaban J connectivity index is 2.25. The number of hydrogen-bond donors (Lipinski definition) is 1. The van der Waals surface area contributed by atoms with Crippen LogP contribution in [0.1, 0.15) is 6.42 Å². The van der Waals surface area contributed by atoms with E-state index in [1.165, 1.54) is 5.01 Å². The van der Waals surface area contributed by atoms with E-state index in [0.29, 0.717) is 5.84 Å². The van der Waals surface area contributed by atoms with E-state index in [2.05, 4.69) is 5.10 Å². The summed E-state index contributed by atoms with van der Waals surface area (Å²) in [7, 11) is 3.93. The molecule has 1 aliphatic rings. The number of nitrogens with zero attached hydrogens (tertiary/aromatic N) is 3. The van der Waals surface area contributed by atoms with Gasteiger partial charge >= 0.3 is 0 Å². The standard InChI is InChI=1S/C11H14N4O/c1-14(2)8-3-5-9(6-4-8)15-11(16)7-10(12)13-15/h3-6H,7H2,1-2H3,(H2,12,13). The number of anilines is 2. The highest BCUT2D eigenvalue weighted by atomic mass is 16.2. The van der Waals surface area contributed by atoms with Crippen LogP contribution < -0.4 is 15.6 Å². The van der Waals surface area contributed by atoms with Gasteiger partial charge in [0, 0.05) is 19.8 Å². The molecule has 0 radical (unpaired) electrons. The second kappa shape index (κ2) is 3.84. The van der Waals surface area contributed by atoms with E-state index in [4.69, 9.17) is 5.73 Å².